The first-order chi connectivity index (χ1) is 11.8. The van der Waals surface area contributed by atoms with Crippen LogP contribution in [0.5, 0.6) is 5.75 Å². The van der Waals surface area contributed by atoms with E-state index in [2.05, 4.69) is 31.8 Å². The molecule has 0 heterocycles. The molecule has 1 aliphatic carbocycles. The van der Waals surface area contributed by atoms with Gasteiger partial charge in [0.2, 0.25) is 0 Å². The van der Waals surface area contributed by atoms with Crippen molar-refractivity contribution in [3.63, 3.8) is 0 Å². The monoisotopic (exact) mass is 478 g/mol. The van der Waals surface area contributed by atoms with Gasteiger partial charge in [0.1, 0.15) is 5.75 Å². The normalized spacial score (nSPS) is 15.6. The van der Waals surface area contributed by atoms with Crippen molar-refractivity contribution in [2.45, 2.75) is 63.2 Å². The van der Waals surface area contributed by atoms with Crippen molar-refractivity contribution in [3.05, 3.63) is 23.3 Å². The topological polar surface area (TPSA) is 21.6 Å². The fourth-order valence-corrected chi connectivity index (χ4v) is 3.54. The fraction of sp³-hybridized carbons (Fsp3) is 0.632. The van der Waals surface area contributed by atoms with Crippen molar-refractivity contribution >= 4 is 35.9 Å². The van der Waals surface area contributed by atoms with E-state index in [1.807, 2.05) is 12.3 Å². The second kappa shape index (κ2) is 12.0. The quantitative estimate of drug-likeness (QED) is 0.374. The molecule has 2 nitrogen and oxygen atoms in total. The van der Waals surface area contributed by atoms with Crippen molar-refractivity contribution < 1.29 is 25.6 Å². The van der Waals surface area contributed by atoms with E-state index in [0.717, 1.165) is 34.2 Å². The van der Waals surface area contributed by atoms with Crippen LogP contribution >= 0.6 is 17.0 Å². The summed E-state index contributed by atoms with van der Waals surface area (Å²) in [6, 6.07) is 4.06. The van der Waals surface area contributed by atoms with E-state index in [9.17, 15) is 0 Å². The molecule has 1 aromatic rings. The summed E-state index contributed by atoms with van der Waals surface area (Å²) in [5.41, 5.74) is 2.17. The van der Waals surface area contributed by atoms with E-state index < -0.39 is 20.8 Å². The number of benzene rings is 1. The second-order valence-electron chi connectivity index (χ2n) is 7.41. The maximum atomic E-state index is 5.67. The molecule has 6 heteroatoms. The number of rotatable bonds is 4. The molecular formula is C19H28Cl2NOSZr-. The van der Waals surface area contributed by atoms with Gasteiger partial charge in [-0.3, -0.25) is 4.99 Å². The average Bonchev–Trinajstić information content (AvgIpc) is 2.57. The van der Waals surface area contributed by atoms with Crippen LogP contribution in [0.25, 0.3) is 0 Å². The summed E-state index contributed by atoms with van der Waals surface area (Å²) >= 11 is 4.85. The van der Waals surface area contributed by atoms with Crippen molar-refractivity contribution in [2.75, 3.05) is 13.7 Å². The van der Waals surface area contributed by atoms with Crippen LogP contribution < -0.4 is 4.74 Å². The molecule has 1 fully saturated rings. The van der Waals surface area contributed by atoms with Crippen molar-refractivity contribution in [3.8, 4) is 5.75 Å². The first-order valence-corrected chi connectivity index (χ1v) is 15.4. The Labute approximate surface area is 177 Å². The standard InChI is InChI=1S/C19H29NOS.2ClH.Zr/c1-19(2,3)17-11-16(21-4)10-15(18(17)22)13-20-12-14-8-6-5-7-9-14;;;/h10-11,13-14,22H,5-9,12H2,1-4H3;2*1H;/q;;;+2/p-3. The third-order valence-corrected chi connectivity index (χ3v) is 4.91. The van der Waals surface area contributed by atoms with E-state index in [1.165, 1.54) is 32.1 Å². The Bertz CT molecular complexity index is 555. The summed E-state index contributed by atoms with van der Waals surface area (Å²) in [4.78, 5) is 5.58. The van der Waals surface area contributed by atoms with Crippen molar-refractivity contribution in [2.24, 2.45) is 10.9 Å². The van der Waals surface area contributed by atoms with E-state index in [4.69, 9.17) is 34.4 Å². The number of hydrogen-bond acceptors (Lipinski definition) is 3. The molecule has 0 saturated heterocycles. The molecule has 0 radical (unpaired) electrons. The zero-order valence-corrected chi connectivity index (χ0v) is 20.4. The Hall–Kier alpha value is 0.373. The number of methoxy groups -OCH3 is 1. The number of hydrogen-bond donors (Lipinski definition) is 0. The van der Waals surface area contributed by atoms with Crippen LogP contribution in [-0.4, -0.2) is 19.9 Å². The second-order valence-corrected chi connectivity index (χ2v) is 11.6. The fourth-order valence-electron chi connectivity index (χ4n) is 3.06. The summed E-state index contributed by atoms with van der Waals surface area (Å²) in [5, 5.41) is 0. The van der Waals surface area contributed by atoms with Crippen LogP contribution in [-0.2, 0) is 38.9 Å². The maximum absolute atomic E-state index is 5.67. The van der Waals surface area contributed by atoms with Crippen LogP contribution in [0.3, 0.4) is 0 Å². The molecule has 1 aliphatic rings. The third kappa shape index (κ3) is 8.29. The van der Waals surface area contributed by atoms with Gasteiger partial charge in [0, 0.05) is 12.8 Å². The Kier molecular flexibility index (Phi) is 11.2. The predicted molar refractivity (Wildman–Crippen MR) is 108 cm³/mol. The Morgan fingerprint density at radius 1 is 1.24 bits per heavy atom. The number of halogens is 2. The molecule has 0 unspecified atom stereocenters. The summed E-state index contributed by atoms with van der Waals surface area (Å²) in [6.07, 6.45) is 8.71. The van der Waals surface area contributed by atoms with Gasteiger partial charge in [0.05, 0.1) is 7.11 Å². The van der Waals surface area contributed by atoms with E-state index in [-0.39, 0.29) is 5.41 Å². The summed E-state index contributed by atoms with van der Waals surface area (Å²) < 4.78 is 5.43. The van der Waals surface area contributed by atoms with Gasteiger partial charge in [0.15, 0.2) is 0 Å². The summed E-state index contributed by atoms with van der Waals surface area (Å²) in [6.45, 7) is 7.47. The van der Waals surface area contributed by atoms with E-state index in [0.29, 0.717) is 0 Å². The molecule has 0 spiro atoms. The predicted octanol–water partition coefficient (Wildman–Crippen LogP) is 6.27. The van der Waals surface area contributed by atoms with E-state index in [1.54, 1.807) is 7.11 Å². The molecule has 1 saturated carbocycles. The molecule has 0 aromatic heterocycles. The van der Waals surface area contributed by atoms with Crippen LogP contribution in [0, 0.1) is 5.92 Å². The molecule has 0 atom stereocenters. The minimum absolute atomic E-state index is 0.0115. The zero-order valence-electron chi connectivity index (χ0n) is 15.6. The molecule has 1 aromatic carbocycles. The Balaban J connectivity index is 0.000000970. The van der Waals surface area contributed by atoms with Gasteiger partial charge < -0.3 is 17.4 Å². The van der Waals surface area contributed by atoms with Gasteiger partial charge in [-0.1, -0.05) is 45.6 Å². The molecule has 0 N–H and O–H groups in total. The Morgan fingerprint density at radius 3 is 2.36 bits per heavy atom. The Morgan fingerprint density at radius 2 is 1.84 bits per heavy atom. The molecule has 25 heavy (non-hydrogen) atoms. The third-order valence-electron chi connectivity index (χ3n) is 4.45. The van der Waals surface area contributed by atoms with Gasteiger partial charge in [-0.25, -0.2) is 0 Å². The first kappa shape index (κ1) is 23.4. The van der Waals surface area contributed by atoms with Crippen LogP contribution in [0.4, 0.5) is 0 Å². The zero-order chi connectivity index (χ0) is 18.9. The minimum atomic E-state index is -0.826. The van der Waals surface area contributed by atoms with Gasteiger partial charge in [-0.05, 0) is 41.9 Å². The molecular weight excluding hydrogens is 452 g/mol. The van der Waals surface area contributed by atoms with Crippen LogP contribution in [0.1, 0.15) is 64.0 Å². The van der Waals surface area contributed by atoms with Gasteiger partial charge >= 0.3 is 37.9 Å². The van der Waals surface area contributed by atoms with Gasteiger partial charge in [-0.15, -0.1) is 0 Å². The number of aliphatic imine (C=N–C) groups is 1. The van der Waals surface area contributed by atoms with Gasteiger partial charge in [-0.2, -0.15) is 4.90 Å². The molecule has 2 rings (SSSR count). The summed E-state index contributed by atoms with van der Waals surface area (Å²) in [5.74, 6) is 1.61. The average molecular weight is 481 g/mol. The van der Waals surface area contributed by atoms with Crippen molar-refractivity contribution in [1.29, 1.82) is 0 Å². The summed E-state index contributed by atoms with van der Waals surface area (Å²) in [7, 11) is 11.6. The van der Waals surface area contributed by atoms with E-state index >= 15 is 0 Å². The number of ether oxygens (including phenoxy) is 1. The molecule has 0 bridgehead atoms. The van der Waals surface area contributed by atoms with Crippen molar-refractivity contribution in [1.82, 2.24) is 0 Å². The van der Waals surface area contributed by atoms with Crippen LogP contribution in [0.15, 0.2) is 22.0 Å². The SMILES string of the molecule is COc1cc(C=NCC2CCCCC2)c([S-])c(C(C)(C)C)c1.[Cl][Zr][Cl]. The molecule has 0 aliphatic heterocycles. The van der Waals surface area contributed by atoms with Gasteiger partial charge in [0.25, 0.3) is 0 Å². The number of nitrogens with zero attached hydrogens (tertiary/aromatic N) is 1. The molecule has 0 amide bonds. The van der Waals surface area contributed by atoms with Crippen LogP contribution in [0.2, 0.25) is 0 Å². The molecule has 140 valence electrons. The first-order valence-electron chi connectivity index (χ1n) is 8.69.